The molecule has 6 nitrogen and oxygen atoms in total. The number of alkyl halides is 4. The minimum Gasteiger partial charge on any atom is -0.325 e. The highest BCUT2D eigenvalue weighted by molar-refractivity contribution is 8.00. The van der Waals surface area contributed by atoms with Crippen molar-refractivity contribution in [2.45, 2.75) is 36.0 Å². The number of nitrogens with one attached hydrogen (secondary N) is 1. The van der Waals surface area contributed by atoms with Crippen LogP contribution in [0.25, 0.3) is 0 Å². The molecule has 0 radical (unpaired) electrons. The second-order valence-electron chi connectivity index (χ2n) is 7.14. The first kappa shape index (κ1) is 22.3. The summed E-state index contributed by atoms with van der Waals surface area (Å²) in [6, 6.07) is 2.93. The molecule has 0 bridgehead atoms. The largest absolute Gasteiger partial charge is 0.435 e. The van der Waals surface area contributed by atoms with E-state index in [4.69, 9.17) is 0 Å². The van der Waals surface area contributed by atoms with Crippen LogP contribution in [0.1, 0.15) is 25.5 Å². The lowest BCUT2D eigenvalue weighted by molar-refractivity contribution is -0.141. The number of nitrogens with zero attached hydrogens (tertiary/aromatic N) is 4. The van der Waals surface area contributed by atoms with Crippen LogP contribution in [0.3, 0.4) is 0 Å². The fourth-order valence-corrected chi connectivity index (χ4v) is 4.38. The van der Waals surface area contributed by atoms with Crippen LogP contribution >= 0.6 is 11.8 Å². The molecule has 0 aliphatic carbocycles. The first-order chi connectivity index (χ1) is 14.0. The number of carbonyl (C=O) groups is 1. The van der Waals surface area contributed by atoms with E-state index >= 15 is 4.39 Å². The molecule has 1 aliphatic rings. The summed E-state index contributed by atoms with van der Waals surface area (Å²) in [5, 5.41) is 4.25. The van der Waals surface area contributed by atoms with Gasteiger partial charge in [0.2, 0.25) is 5.95 Å². The number of rotatable bonds is 4. The Bertz CT molecular complexity index is 891. The number of anilines is 1. The quantitative estimate of drug-likeness (QED) is 0.418. The molecule has 1 atom stereocenters. The molecule has 0 saturated carbocycles. The number of pyridine rings is 1. The Balaban J connectivity index is 1.57. The van der Waals surface area contributed by atoms with E-state index in [1.807, 2.05) is 0 Å². The highest BCUT2D eigenvalue weighted by Crippen LogP contribution is 2.45. The molecule has 3 heterocycles. The lowest BCUT2D eigenvalue weighted by Crippen LogP contribution is -2.44. The van der Waals surface area contributed by atoms with Gasteiger partial charge in [0.15, 0.2) is 10.7 Å². The summed E-state index contributed by atoms with van der Waals surface area (Å²) in [4.78, 5) is 17.3. The van der Waals surface area contributed by atoms with Crippen molar-refractivity contribution in [2.75, 3.05) is 18.4 Å². The third kappa shape index (κ3) is 5.21. The molecular formula is C18H20F5N5OS. The maximum absolute atomic E-state index is 15.3. The number of hydrogen-bond acceptors (Lipinski definition) is 4. The van der Waals surface area contributed by atoms with Crippen molar-refractivity contribution < 1.29 is 26.7 Å². The van der Waals surface area contributed by atoms with Gasteiger partial charge in [0.05, 0.1) is 16.9 Å². The first-order valence-electron chi connectivity index (χ1n) is 9.12. The highest BCUT2D eigenvalue weighted by Gasteiger charge is 2.41. The SMILES string of the molecule is Cn1nc(C(F)(F)F)cc1SC(C)(F)C1CCN(C(=O)Nc2ccc(F)nc2)CC1. The number of amides is 2. The first-order valence-corrected chi connectivity index (χ1v) is 9.94. The molecule has 1 unspecified atom stereocenters. The van der Waals surface area contributed by atoms with E-state index in [9.17, 15) is 22.4 Å². The summed E-state index contributed by atoms with van der Waals surface area (Å²) in [6.45, 7) is 1.90. The number of aryl methyl sites for hydroxylation is 1. The van der Waals surface area contributed by atoms with Crippen molar-refractivity contribution in [3.8, 4) is 0 Å². The van der Waals surface area contributed by atoms with Gasteiger partial charge in [-0.3, -0.25) is 4.68 Å². The van der Waals surface area contributed by atoms with E-state index in [1.165, 1.54) is 31.1 Å². The second-order valence-corrected chi connectivity index (χ2v) is 8.56. The van der Waals surface area contributed by atoms with Gasteiger partial charge in [-0.2, -0.15) is 22.7 Å². The molecule has 1 N–H and O–H groups in total. The van der Waals surface area contributed by atoms with Crippen LogP contribution in [0.4, 0.5) is 32.4 Å². The molecule has 30 heavy (non-hydrogen) atoms. The van der Waals surface area contributed by atoms with E-state index in [-0.39, 0.29) is 18.1 Å². The van der Waals surface area contributed by atoms with Crippen LogP contribution in [0.15, 0.2) is 29.4 Å². The van der Waals surface area contributed by atoms with Crippen molar-refractivity contribution in [1.29, 1.82) is 0 Å². The molecule has 2 aromatic rings. The number of urea groups is 1. The standard InChI is InChI=1S/C18H20F5N5OS/c1-17(20,30-15-9-13(18(21,22)23)26-27(15)2)11-5-7-28(8-6-11)16(29)25-12-3-4-14(19)24-10-12/h3-4,9-11H,5-8H2,1-2H3,(H,25,29). The van der Waals surface area contributed by atoms with Crippen LogP contribution in [-0.2, 0) is 13.2 Å². The molecule has 12 heteroatoms. The molecule has 164 valence electrons. The van der Waals surface area contributed by atoms with E-state index in [1.54, 1.807) is 0 Å². The van der Waals surface area contributed by atoms with E-state index in [2.05, 4.69) is 15.4 Å². The van der Waals surface area contributed by atoms with Gasteiger partial charge in [-0.15, -0.1) is 0 Å². The fraction of sp³-hybridized carbons (Fsp3) is 0.500. The monoisotopic (exact) mass is 449 g/mol. The minimum atomic E-state index is -4.60. The van der Waals surface area contributed by atoms with E-state index in [0.717, 1.165) is 16.8 Å². The Hall–Kier alpha value is -2.37. The molecule has 1 fully saturated rings. The van der Waals surface area contributed by atoms with Gasteiger partial charge in [-0.25, -0.2) is 14.2 Å². The number of piperidine rings is 1. The lowest BCUT2D eigenvalue weighted by Gasteiger charge is -2.37. The van der Waals surface area contributed by atoms with Crippen LogP contribution in [-0.4, -0.2) is 43.8 Å². The molecule has 3 rings (SSSR count). The third-order valence-electron chi connectivity index (χ3n) is 4.92. The Morgan fingerprint density at radius 3 is 2.43 bits per heavy atom. The Labute approximate surface area is 173 Å². The smallest absolute Gasteiger partial charge is 0.325 e. The zero-order valence-electron chi connectivity index (χ0n) is 16.2. The molecule has 2 amide bonds. The van der Waals surface area contributed by atoms with Crippen LogP contribution < -0.4 is 5.32 Å². The zero-order valence-corrected chi connectivity index (χ0v) is 17.0. The number of likely N-dealkylation sites (tertiary alicyclic amines) is 1. The summed E-state index contributed by atoms with van der Waals surface area (Å²) < 4.78 is 67.7. The van der Waals surface area contributed by atoms with Gasteiger partial charge >= 0.3 is 12.2 Å². The summed E-state index contributed by atoms with van der Waals surface area (Å²) in [5.74, 6) is -1.12. The predicted molar refractivity (Wildman–Crippen MR) is 101 cm³/mol. The van der Waals surface area contributed by atoms with Gasteiger partial charge in [0.1, 0.15) is 0 Å². The average Bonchev–Trinajstić information content (AvgIpc) is 3.04. The van der Waals surface area contributed by atoms with Crippen LogP contribution in [0, 0.1) is 11.9 Å². The summed E-state index contributed by atoms with van der Waals surface area (Å²) in [5.41, 5.74) is -0.726. The van der Waals surface area contributed by atoms with Crippen molar-refractivity contribution in [1.82, 2.24) is 19.7 Å². The van der Waals surface area contributed by atoms with Gasteiger partial charge in [-0.05, 0) is 31.9 Å². The van der Waals surface area contributed by atoms with Gasteiger partial charge in [-0.1, -0.05) is 11.8 Å². The highest BCUT2D eigenvalue weighted by atomic mass is 32.2. The Kier molecular flexibility index (Phi) is 6.25. The van der Waals surface area contributed by atoms with Crippen LogP contribution in [0.5, 0.6) is 0 Å². The topological polar surface area (TPSA) is 63.1 Å². The van der Waals surface area contributed by atoms with Gasteiger partial charge < -0.3 is 10.2 Å². The van der Waals surface area contributed by atoms with E-state index in [0.29, 0.717) is 30.3 Å². The number of aromatic nitrogens is 3. The van der Waals surface area contributed by atoms with Gasteiger partial charge in [0, 0.05) is 32.1 Å². The number of halogens is 5. The normalized spacial score (nSPS) is 17.6. The molecule has 0 spiro atoms. The molecule has 1 aliphatic heterocycles. The molecular weight excluding hydrogens is 429 g/mol. The molecule has 0 aromatic carbocycles. The fourth-order valence-electron chi connectivity index (χ4n) is 3.22. The molecule has 1 saturated heterocycles. The van der Waals surface area contributed by atoms with Crippen molar-refractivity contribution in [3.05, 3.63) is 36.0 Å². The minimum absolute atomic E-state index is 0.0799. The number of carbonyl (C=O) groups excluding carboxylic acids is 1. The second kappa shape index (κ2) is 8.40. The number of hydrogen-bond donors (Lipinski definition) is 1. The summed E-state index contributed by atoms with van der Waals surface area (Å²) in [7, 11) is 1.34. The van der Waals surface area contributed by atoms with Crippen molar-refractivity contribution in [3.63, 3.8) is 0 Å². The average molecular weight is 449 g/mol. The Morgan fingerprint density at radius 1 is 1.23 bits per heavy atom. The molecule has 2 aromatic heterocycles. The van der Waals surface area contributed by atoms with E-state index < -0.39 is 34.8 Å². The number of thioether (sulfide) groups is 1. The lowest BCUT2D eigenvalue weighted by atomic mass is 9.92. The Morgan fingerprint density at radius 2 is 1.90 bits per heavy atom. The van der Waals surface area contributed by atoms with Crippen molar-refractivity contribution >= 4 is 23.5 Å². The maximum Gasteiger partial charge on any atom is 0.435 e. The zero-order chi connectivity index (χ0) is 22.1. The summed E-state index contributed by atoms with van der Waals surface area (Å²) in [6.07, 6.45) is -2.71. The van der Waals surface area contributed by atoms with Crippen LogP contribution in [0.2, 0.25) is 0 Å². The predicted octanol–water partition coefficient (Wildman–Crippen LogP) is 4.69. The maximum atomic E-state index is 15.3. The third-order valence-corrected chi connectivity index (χ3v) is 6.25. The van der Waals surface area contributed by atoms with Gasteiger partial charge in [0.25, 0.3) is 0 Å². The van der Waals surface area contributed by atoms with Crippen molar-refractivity contribution in [2.24, 2.45) is 13.0 Å². The summed E-state index contributed by atoms with van der Waals surface area (Å²) >= 11 is 0.701.